The Balaban J connectivity index is 2.80. The molecule has 86 valence electrons. The Morgan fingerprint density at radius 1 is 1.50 bits per heavy atom. The van der Waals surface area contributed by atoms with Crippen LogP contribution in [0.3, 0.4) is 0 Å². The summed E-state index contributed by atoms with van der Waals surface area (Å²) >= 11 is 0. The summed E-state index contributed by atoms with van der Waals surface area (Å²) in [4.78, 5) is 21.2. The van der Waals surface area contributed by atoms with Crippen molar-refractivity contribution < 1.29 is 19.4 Å². The molecule has 0 aliphatic carbocycles. The smallest absolute Gasteiger partial charge is 0.308 e. The molecule has 0 aliphatic rings. The van der Waals surface area contributed by atoms with Gasteiger partial charge in [0.2, 0.25) is 0 Å². The standard InChI is InChI=1S/C11H13NO4/c1-7(13)16-9-4-2-3-8(5-9)10(12)6-11(14)15/h2-5,10H,6,12H2,1H3,(H,14,15). The van der Waals surface area contributed by atoms with Crippen LogP contribution in [0.1, 0.15) is 24.9 Å². The number of esters is 1. The zero-order valence-electron chi connectivity index (χ0n) is 8.84. The molecule has 1 unspecified atom stereocenters. The van der Waals surface area contributed by atoms with E-state index in [-0.39, 0.29) is 6.42 Å². The predicted molar refractivity (Wildman–Crippen MR) is 56.9 cm³/mol. The van der Waals surface area contributed by atoms with Gasteiger partial charge in [-0.1, -0.05) is 12.1 Å². The third-order valence-electron chi connectivity index (χ3n) is 1.94. The second kappa shape index (κ2) is 5.27. The number of hydrogen-bond donors (Lipinski definition) is 2. The molecule has 5 nitrogen and oxygen atoms in total. The van der Waals surface area contributed by atoms with Crippen LogP contribution in [0.25, 0.3) is 0 Å². The lowest BCUT2D eigenvalue weighted by molar-refractivity contribution is -0.137. The minimum absolute atomic E-state index is 0.163. The number of carbonyl (C=O) groups is 2. The molecule has 0 bridgehead atoms. The van der Waals surface area contributed by atoms with Gasteiger partial charge in [0, 0.05) is 13.0 Å². The topological polar surface area (TPSA) is 89.6 Å². The number of carboxylic acids is 1. The van der Waals surface area contributed by atoms with Crippen molar-refractivity contribution in [2.24, 2.45) is 5.73 Å². The summed E-state index contributed by atoms with van der Waals surface area (Å²) < 4.78 is 4.87. The van der Waals surface area contributed by atoms with Gasteiger partial charge < -0.3 is 15.6 Å². The van der Waals surface area contributed by atoms with E-state index in [0.29, 0.717) is 11.3 Å². The third kappa shape index (κ3) is 3.70. The first-order chi connectivity index (χ1) is 7.49. The first-order valence-corrected chi connectivity index (χ1v) is 4.75. The van der Waals surface area contributed by atoms with E-state index in [1.54, 1.807) is 24.3 Å². The van der Waals surface area contributed by atoms with Gasteiger partial charge in [-0.3, -0.25) is 9.59 Å². The summed E-state index contributed by atoms with van der Waals surface area (Å²) in [6.07, 6.45) is -0.163. The van der Waals surface area contributed by atoms with E-state index in [2.05, 4.69) is 0 Å². The lowest BCUT2D eigenvalue weighted by Crippen LogP contribution is -2.15. The highest BCUT2D eigenvalue weighted by Gasteiger charge is 2.11. The largest absolute Gasteiger partial charge is 0.481 e. The van der Waals surface area contributed by atoms with Gasteiger partial charge in [-0.25, -0.2) is 0 Å². The zero-order valence-corrected chi connectivity index (χ0v) is 8.84. The summed E-state index contributed by atoms with van der Waals surface area (Å²) in [5.41, 5.74) is 6.30. The van der Waals surface area contributed by atoms with Crippen molar-refractivity contribution in [2.75, 3.05) is 0 Å². The zero-order chi connectivity index (χ0) is 12.1. The summed E-state index contributed by atoms with van der Waals surface area (Å²) in [6.45, 7) is 1.30. The van der Waals surface area contributed by atoms with Gasteiger partial charge in [-0.15, -0.1) is 0 Å². The van der Waals surface area contributed by atoms with Gasteiger partial charge in [0.25, 0.3) is 0 Å². The molecule has 1 aromatic carbocycles. The fourth-order valence-corrected chi connectivity index (χ4v) is 1.28. The number of ether oxygens (including phenoxy) is 1. The van der Waals surface area contributed by atoms with Crippen molar-refractivity contribution >= 4 is 11.9 Å². The van der Waals surface area contributed by atoms with Crippen molar-refractivity contribution in [3.8, 4) is 5.75 Å². The van der Waals surface area contributed by atoms with E-state index in [4.69, 9.17) is 15.6 Å². The molecule has 3 N–H and O–H groups in total. The summed E-state index contributed by atoms with van der Waals surface area (Å²) in [5.74, 6) is -1.03. The molecule has 5 heteroatoms. The number of benzene rings is 1. The predicted octanol–water partition coefficient (Wildman–Crippen LogP) is 1.09. The van der Waals surface area contributed by atoms with Crippen LogP contribution < -0.4 is 10.5 Å². The number of hydrogen-bond acceptors (Lipinski definition) is 4. The third-order valence-corrected chi connectivity index (χ3v) is 1.94. The first-order valence-electron chi connectivity index (χ1n) is 4.75. The van der Waals surface area contributed by atoms with Crippen LogP contribution in [-0.2, 0) is 9.59 Å². The SMILES string of the molecule is CC(=O)Oc1cccc(C(N)CC(=O)O)c1. The lowest BCUT2D eigenvalue weighted by atomic mass is 10.0. The number of rotatable bonds is 4. The Bertz CT molecular complexity index is 403. The normalized spacial score (nSPS) is 11.9. The number of carbonyl (C=O) groups excluding carboxylic acids is 1. The fourth-order valence-electron chi connectivity index (χ4n) is 1.28. The minimum atomic E-state index is -0.967. The monoisotopic (exact) mass is 223 g/mol. The number of aliphatic carboxylic acids is 1. The van der Waals surface area contributed by atoms with E-state index in [1.807, 2.05) is 0 Å². The molecule has 0 saturated carbocycles. The maximum atomic E-state index is 10.7. The Kier molecular flexibility index (Phi) is 4.02. The van der Waals surface area contributed by atoms with Crippen molar-refractivity contribution in [3.05, 3.63) is 29.8 Å². The molecule has 0 saturated heterocycles. The molecule has 0 amide bonds. The average molecular weight is 223 g/mol. The molecule has 0 fully saturated rings. The molecule has 0 spiro atoms. The number of carboxylic acid groups (broad SMARTS) is 1. The van der Waals surface area contributed by atoms with Crippen LogP contribution >= 0.6 is 0 Å². The molecule has 0 aliphatic heterocycles. The highest BCUT2D eigenvalue weighted by Crippen LogP contribution is 2.20. The average Bonchev–Trinajstić information content (AvgIpc) is 2.16. The molecule has 0 aromatic heterocycles. The van der Waals surface area contributed by atoms with Crippen LogP contribution in [0.2, 0.25) is 0 Å². The first kappa shape index (κ1) is 12.2. The molecule has 0 radical (unpaired) electrons. The maximum absolute atomic E-state index is 10.7. The number of nitrogens with two attached hydrogens (primary N) is 1. The fraction of sp³-hybridized carbons (Fsp3) is 0.273. The van der Waals surface area contributed by atoms with Crippen LogP contribution in [0.15, 0.2) is 24.3 Å². The molecule has 16 heavy (non-hydrogen) atoms. The van der Waals surface area contributed by atoms with E-state index in [9.17, 15) is 9.59 Å². The van der Waals surface area contributed by atoms with Crippen LogP contribution in [-0.4, -0.2) is 17.0 Å². The van der Waals surface area contributed by atoms with Crippen molar-refractivity contribution in [1.82, 2.24) is 0 Å². The highest BCUT2D eigenvalue weighted by atomic mass is 16.5. The molecule has 1 rings (SSSR count). The van der Waals surface area contributed by atoms with Crippen LogP contribution in [0.4, 0.5) is 0 Å². The lowest BCUT2D eigenvalue weighted by Gasteiger charge is -2.10. The van der Waals surface area contributed by atoms with Gasteiger partial charge in [-0.05, 0) is 17.7 Å². The summed E-state index contributed by atoms with van der Waals surface area (Å²) in [7, 11) is 0. The van der Waals surface area contributed by atoms with Crippen molar-refractivity contribution in [1.29, 1.82) is 0 Å². The van der Waals surface area contributed by atoms with Crippen molar-refractivity contribution in [3.63, 3.8) is 0 Å². The van der Waals surface area contributed by atoms with E-state index >= 15 is 0 Å². The van der Waals surface area contributed by atoms with E-state index in [1.165, 1.54) is 6.92 Å². The summed E-state index contributed by atoms with van der Waals surface area (Å²) in [5, 5.41) is 8.59. The van der Waals surface area contributed by atoms with E-state index < -0.39 is 18.0 Å². The Labute approximate surface area is 92.8 Å². The molecular weight excluding hydrogens is 210 g/mol. The quantitative estimate of drug-likeness (QED) is 0.589. The minimum Gasteiger partial charge on any atom is -0.481 e. The molecule has 0 heterocycles. The molecule has 1 atom stereocenters. The van der Waals surface area contributed by atoms with Crippen LogP contribution in [0, 0.1) is 0 Å². The van der Waals surface area contributed by atoms with Gasteiger partial charge in [0.15, 0.2) is 0 Å². The Morgan fingerprint density at radius 2 is 2.19 bits per heavy atom. The van der Waals surface area contributed by atoms with Gasteiger partial charge in [0.05, 0.1) is 6.42 Å². The second-order valence-electron chi connectivity index (χ2n) is 3.37. The Morgan fingerprint density at radius 3 is 2.75 bits per heavy atom. The highest BCUT2D eigenvalue weighted by molar-refractivity contribution is 5.69. The molecular formula is C11H13NO4. The molecule has 1 aromatic rings. The second-order valence-corrected chi connectivity index (χ2v) is 3.37. The Hall–Kier alpha value is -1.88. The van der Waals surface area contributed by atoms with Gasteiger partial charge >= 0.3 is 11.9 Å². The maximum Gasteiger partial charge on any atom is 0.308 e. The van der Waals surface area contributed by atoms with Gasteiger partial charge in [-0.2, -0.15) is 0 Å². The summed E-state index contributed by atoms with van der Waals surface area (Å²) in [6, 6.07) is 5.93. The van der Waals surface area contributed by atoms with E-state index in [0.717, 1.165) is 0 Å². The van der Waals surface area contributed by atoms with Crippen molar-refractivity contribution in [2.45, 2.75) is 19.4 Å². The van der Waals surface area contributed by atoms with Crippen LogP contribution in [0.5, 0.6) is 5.75 Å². The van der Waals surface area contributed by atoms with Gasteiger partial charge in [0.1, 0.15) is 5.75 Å².